The third-order valence-electron chi connectivity index (χ3n) is 4.25. The Labute approximate surface area is 136 Å². The SMILES string of the molecule is CC1CN(Cc2ccc(Cl)c3cccnc23)CCC1N.Cl. The molecule has 21 heavy (non-hydrogen) atoms. The number of piperidine rings is 1. The fraction of sp³-hybridized carbons (Fsp3) is 0.438. The molecule has 0 spiro atoms. The lowest BCUT2D eigenvalue weighted by molar-refractivity contribution is 0.158. The first-order valence-corrected chi connectivity index (χ1v) is 7.53. The van der Waals surface area contributed by atoms with Gasteiger partial charge in [-0.15, -0.1) is 12.4 Å². The normalized spacial score (nSPS) is 23.0. The quantitative estimate of drug-likeness (QED) is 0.919. The van der Waals surface area contributed by atoms with Crippen molar-refractivity contribution in [2.24, 2.45) is 11.7 Å². The molecule has 114 valence electrons. The zero-order valence-corrected chi connectivity index (χ0v) is 13.7. The van der Waals surface area contributed by atoms with E-state index in [1.165, 1.54) is 5.56 Å². The summed E-state index contributed by atoms with van der Waals surface area (Å²) in [5.74, 6) is 0.551. The van der Waals surface area contributed by atoms with Gasteiger partial charge < -0.3 is 5.73 Å². The molecule has 3 rings (SSSR count). The second-order valence-electron chi connectivity index (χ2n) is 5.77. The van der Waals surface area contributed by atoms with Crippen molar-refractivity contribution in [1.82, 2.24) is 9.88 Å². The average molecular weight is 326 g/mol. The zero-order valence-electron chi connectivity index (χ0n) is 12.1. The predicted octanol–water partition coefficient (Wildman–Crippen LogP) is 3.48. The van der Waals surface area contributed by atoms with Crippen molar-refractivity contribution >= 4 is 34.9 Å². The maximum absolute atomic E-state index is 6.24. The van der Waals surface area contributed by atoms with Crippen molar-refractivity contribution in [3.63, 3.8) is 0 Å². The number of fused-ring (bicyclic) bond motifs is 1. The molecule has 1 aromatic carbocycles. The molecule has 1 aliphatic rings. The molecule has 2 unspecified atom stereocenters. The van der Waals surface area contributed by atoms with Crippen LogP contribution in [-0.4, -0.2) is 29.0 Å². The molecular weight excluding hydrogens is 305 g/mol. The summed E-state index contributed by atoms with van der Waals surface area (Å²) in [6.07, 6.45) is 2.90. The van der Waals surface area contributed by atoms with E-state index in [0.29, 0.717) is 12.0 Å². The van der Waals surface area contributed by atoms with Crippen LogP contribution in [0.25, 0.3) is 10.9 Å². The van der Waals surface area contributed by atoms with Gasteiger partial charge in [-0.1, -0.05) is 24.6 Å². The highest BCUT2D eigenvalue weighted by molar-refractivity contribution is 6.35. The molecule has 0 radical (unpaired) electrons. The molecule has 2 N–H and O–H groups in total. The molecular formula is C16H21Cl2N3. The number of likely N-dealkylation sites (tertiary alicyclic amines) is 1. The number of aromatic nitrogens is 1. The van der Waals surface area contributed by atoms with E-state index in [1.54, 1.807) is 0 Å². The molecule has 2 atom stereocenters. The first kappa shape index (κ1) is 16.5. The second kappa shape index (κ2) is 6.93. The highest BCUT2D eigenvalue weighted by Crippen LogP contribution is 2.26. The van der Waals surface area contributed by atoms with Gasteiger partial charge in [-0.3, -0.25) is 9.88 Å². The zero-order chi connectivity index (χ0) is 14.1. The smallest absolute Gasteiger partial charge is 0.0761 e. The van der Waals surface area contributed by atoms with Crippen LogP contribution >= 0.6 is 24.0 Å². The molecule has 3 nitrogen and oxygen atoms in total. The molecule has 0 aliphatic carbocycles. The van der Waals surface area contributed by atoms with Gasteiger partial charge in [-0.05, 0) is 42.6 Å². The standard InChI is InChI=1S/C16H20ClN3.ClH/c1-11-9-20(8-6-15(11)18)10-12-4-5-14(17)13-3-2-7-19-16(12)13;/h2-5,7,11,15H,6,8-10,18H2,1H3;1H. The minimum Gasteiger partial charge on any atom is -0.327 e. The Kier molecular flexibility index (Phi) is 5.44. The first-order chi connectivity index (χ1) is 9.65. The number of nitrogens with zero attached hydrogens (tertiary/aromatic N) is 2. The number of hydrogen-bond acceptors (Lipinski definition) is 3. The molecule has 1 saturated heterocycles. The van der Waals surface area contributed by atoms with Crippen molar-refractivity contribution in [2.75, 3.05) is 13.1 Å². The summed E-state index contributed by atoms with van der Waals surface area (Å²) in [4.78, 5) is 6.97. The summed E-state index contributed by atoms with van der Waals surface area (Å²) < 4.78 is 0. The van der Waals surface area contributed by atoms with E-state index in [9.17, 15) is 0 Å². The van der Waals surface area contributed by atoms with E-state index in [2.05, 4.69) is 22.9 Å². The Hall–Kier alpha value is -0.870. The molecule has 2 heterocycles. The summed E-state index contributed by atoms with van der Waals surface area (Å²) >= 11 is 6.24. The maximum atomic E-state index is 6.24. The lowest BCUT2D eigenvalue weighted by Crippen LogP contribution is -2.45. The number of benzene rings is 1. The van der Waals surface area contributed by atoms with Gasteiger partial charge in [0.05, 0.1) is 5.52 Å². The largest absolute Gasteiger partial charge is 0.327 e. The lowest BCUT2D eigenvalue weighted by Gasteiger charge is -2.35. The predicted molar refractivity (Wildman–Crippen MR) is 91.0 cm³/mol. The van der Waals surface area contributed by atoms with Gasteiger partial charge in [0.25, 0.3) is 0 Å². The highest BCUT2D eigenvalue weighted by Gasteiger charge is 2.23. The topological polar surface area (TPSA) is 42.2 Å². The maximum Gasteiger partial charge on any atom is 0.0761 e. The van der Waals surface area contributed by atoms with Crippen LogP contribution in [0.3, 0.4) is 0 Å². The second-order valence-corrected chi connectivity index (χ2v) is 6.18. The fourth-order valence-corrected chi connectivity index (χ4v) is 3.17. The molecule has 5 heteroatoms. The summed E-state index contributed by atoms with van der Waals surface area (Å²) in [6, 6.07) is 8.37. The Morgan fingerprint density at radius 3 is 2.95 bits per heavy atom. The Bertz CT molecular complexity index is 617. The third kappa shape index (κ3) is 3.49. The number of rotatable bonds is 2. The molecule has 1 aliphatic heterocycles. The van der Waals surface area contributed by atoms with Crippen LogP contribution in [0, 0.1) is 5.92 Å². The van der Waals surface area contributed by atoms with E-state index < -0.39 is 0 Å². The molecule has 0 bridgehead atoms. The van der Waals surface area contributed by atoms with Gasteiger partial charge in [0.15, 0.2) is 0 Å². The van der Waals surface area contributed by atoms with Gasteiger partial charge in [-0.25, -0.2) is 0 Å². The molecule has 0 saturated carbocycles. The first-order valence-electron chi connectivity index (χ1n) is 7.15. The van der Waals surface area contributed by atoms with E-state index in [0.717, 1.165) is 42.0 Å². The van der Waals surface area contributed by atoms with E-state index in [-0.39, 0.29) is 12.4 Å². The monoisotopic (exact) mass is 325 g/mol. The molecule has 2 aromatic rings. The Balaban J connectivity index is 0.00000161. The van der Waals surface area contributed by atoms with E-state index >= 15 is 0 Å². The average Bonchev–Trinajstić information content (AvgIpc) is 2.46. The van der Waals surface area contributed by atoms with Crippen LogP contribution in [0.15, 0.2) is 30.5 Å². The number of halogens is 2. The van der Waals surface area contributed by atoms with Crippen LogP contribution in [0.1, 0.15) is 18.9 Å². The molecule has 1 aromatic heterocycles. The van der Waals surface area contributed by atoms with Crippen LogP contribution in [0.4, 0.5) is 0 Å². The fourth-order valence-electron chi connectivity index (χ4n) is 2.96. The van der Waals surface area contributed by atoms with Crippen LogP contribution < -0.4 is 5.73 Å². The molecule has 0 amide bonds. The van der Waals surface area contributed by atoms with Gasteiger partial charge in [-0.2, -0.15) is 0 Å². The summed E-state index contributed by atoms with van der Waals surface area (Å²) in [6.45, 7) is 5.26. The van der Waals surface area contributed by atoms with Crippen LogP contribution in [0.5, 0.6) is 0 Å². The van der Waals surface area contributed by atoms with Gasteiger partial charge in [0.2, 0.25) is 0 Å². The van der Waals surface area contributed by atoms with Crippen LogP contribution in [-0.2, 0) is 6.54 Å². The van der Waals surface area contributed by atoms with E-state index in [1.807, 2.05) is 24.4 Å². The number of nitrogens with two attached hydrogens (primary N) is 1. The Morgan fingerprint density at radius 1 is 1.38 bits per heavy atom. The van der Waals surface area contributed by atoms with Crippen molar-refractivity contribution < 1.29 is 0 Å². The third-order valence-corrected chi connectivity index (χ3v) is 4.58. The molecule has 1 fully saturated rings. The summed E-state index contributed by atoms with van der Waals surface area (Å²) in [7, 11) is 0. The van der Waals surface area contributed by atoms with Crippen LogP contribution in [0.2, 0.25) is 5.02 Å². The number of pyridine rings is 1. The van der Waals surface area contributed by atoms with Crippen molar-refractivity contribution in [2.45, 2.75) is 25.9 Å². The lowest BCUT2D eigenvalue weighted by atomic mass is 9.94. The van der Waals surface area contributed by atoms with Gasteiger partial charge >= 0.3 is 0 Å². The van der Waals surface area contributed by atoms with Crippen molar-refractivity contribution in [3.8, 4) is 0 Å². The van der Waals surface area contributed by atoms with E-state index in [4.69, 9.17) is 17.3 Å². The van der Waals surface area contributed by atoms with Crippen molar-refractivity contribution in [3.05, 3.63) is 41.0 Å². The van der Waals surface area contributed by atoms with Gasteiger partial charge in [0.1, 0.15) is 0 Å². The highest BCUT2D eigenvalue weighted by atomic mass is 35.5. The minimum atomic E-state index is 0. The Morgan fingerprint density at radius 2 is 2.19 bits per heavy atom. The minimum absolute atomic E-state index is 0. The van der Waals surface area contributed by atoms with Gasteiger partial charge in [0, 0.05) is 35.7 Å². The summed E-state index contributed by atoms with van der Waals surface area (Å²) in [5, 5.41) is 1.80. The number of hydrogen-bond donors (Lipinski definition) is 1. The van der Waals surface area contributed by atoms with Crippen molar-refractivity contribution in [1.29, 1.82) is 0 Å². The summed E-state index contributed by atoms with van der Waals surface area (Å²) in [5.41, 5.74) is 8.35.